The SMILES string of the molecule is CC/C=C/CCCC[N+](CO)(CC(C)C(=O)[O-])CC(C)C(=O)O.[Na+]. The van der Waals surface area contributed by atoms with Crippen molar-refractivity contribution in [3.63, 3.8) is 0 Å². The first-order valence-electron chi connectivity index (χ1n) is 8.32. The number of carbonyl (C=O) groups excluding carboxylic acids is 1. The molecule has 3 unspecified atom stereocenters. The van der Waals surface area contributed by atoms with E-state index in [-0.39, 0.29) is 53.9 Å². The van der Waals surface area contributed by atoms with E-state index in [9.17, 15) is 19.8 Å². The van der Waals surface area contributed by atoms with E-state index in [1.54, 1.807) is 6.92 Å². The molecular formula is C17H31NNaO5+. The number of carboxylic acids is 2. The average molecular weight is 352 g/mol. The van der Waals surface area contributed by atoms with Gasteiger partial charge in [-0.05, 0) is 32.6 Å². The van der Waals surface area contributed by atoms with Gasteiger partial charge < -0.3 is 20.1 Å². The Labute approximate surface area is 167 Å². The molecule has 0 spiro atoms. The maximum Gasteiger partial charge on any atom is 1.00 e. The second-order valence-electron chi connectivity index (χ2n) is 6.41. The van der Waals surface area contributed by atoms with Crippen LogP contribution in [0.1, 0.15) is 46.5 Å². The van der Waals surface area contributed by atoms with E-state index >= 15 is 0 Å². The fourth-order valence-electron chi connectivity index (χ4n) is 2.75. The first-order valence-corrected chi connectivity index (χ1v) is 8.32. The molecule has 3 atom stereocenters. The molecule has 24 heavy (non-hydrogen) atoms. The first kappa shape index (κ1) is 25.8. The van der Waals surface area contributed by atoms with E-state index in [1.807, 2.05) is 0 Å². The summed E-state index contributed by atoms with van der Waals surface area (Å²) >= 11 is 0. The van der Waals surface area contributed by atoms with Crippen molar-refractivity contribution in [3.05, 3.63) is 12.2 Å². The van der Waals surface area contributed by atoms with Crippen LogP contribution in [0.4, 0.5) is 0 Å². The van der Waals surface area contributed by atoms with Crippen molar-refractivity contribution in [2.75, 3.05) is 26.4 Å². The molecule has 0 aliphatic rings. The summed E-state index contributed by atoms with van der Waals surface area (Å²) < 4.78 is 0.0834. The summed E-state index contributed by atoms with van der Waals surface area (Å²) in [5.41, 5.74) is 0. The average Bonchev–Trinajstić information content (AvgIpc) is 2.50. The summed E-state index contributed by atoms with van der Waals surface area (Å²) in [7, 11) is 0. The van der Waals surface area contributed by atoms with Crippen molar-refractivity contribution in [1.29, 1.82) is 0 Å². The number of nitrogens with zero attached hydrogens (tertiary/aromatic N) is 1. The molecule has 0 aliphatic carbocycles. The number of rotatable bonds is 13. The van der Waals surface area contributed by atoms with Gasteiger partial charge in [-0.3, -0.25) is 9.28 Å². The minimum atomic E-state index is -1.17. The topological polar surface area (TPSA) is 97.7 Å². The quantitative estimate of drug-likeness (QED) is 0.131. The first-order chi connectivity index (χ1) is 10.8. The predicted octanol–water partition coefficient (Wildman–Crippen LogP) is -2.00. The van der Waals surface area contributed by atoms with E-state index in [0.717, 1.165) is 25.7 Å². The fourth-order valence-corrected chi connectivity index (χ4v) is 2.75. The molecule has 0 aromatic carbocycles. The van der Waals surface area contributed by atoms with E-state index < -0.39 is 23.8 Å². The monoisotopic (exact) mass is 352 g/mol. The van der Waals surface area contributed by atoms with Crippen LogP contribution in [-0.2, 0) is 9.59 Å². The van der Waals surface area contributed by atoms with Gasteiger partial charge in [-0.15, -0.1) is 0 Å². The number of carboxylic acid groups (broad SMARTS) is 2. The van der Waals surface area contributed by atoms with Gasteiger partial charge in [0.15, 0.2) is 6.73 Å². The van der Waals surface area contributed by atoms with Crippen molar-refractivity contribution in [3.8, 4) is 0 Å². The van der Waals surface area contributed by atoms with E-state index in [0.29, 0.717) is 6.54 Å². The Balaban J connectivity index is 0. The molecule has 2 N–H and O–H groups in total. The third-order valence-electron chi connectivity index (χ3n) is 4.10. The second-order valence-corrected chi connectivity index (χ2v) is 6.41. The van der Waals surface area contributed by atoms with Crippen molar-refractivity contribution in [2.24, 2.45) is 11.8 Å². The van der Waals surface area contributed by atoms with Crippen LogP contribution in [0.25, 0.3) is 0 Å². The van der Waals surface area contributed by atoms with E-state index in [2.05, 4.69) is 19.1 Å². The van der Waals surface area contributed by atoms with Crippen LogP contribution >= 0.6 is 0 Å². The third kappa shape index (κ3) is 10.5. The van der Waals surface area contributed by atoms with E-state index in [4.69, 9.17) is 5.11 Å². The van der Waals surface area contributed by atoms with Crippen molar-refractivity contribution >= 4 is 11.9 Å². The van der Waals surface area contributed by atoms with Crippen LogP contribution in [0.3, 0.4) is 0 Å². The number of allylic oxidation sites excluding steroid dienone is 2. The van der Waals surface area contributed by atoms with Crippen molar-refractivity contribution in [2.45, 2.75) is 46.5 Å². The van der Waals surface area contributed by atoms with E-state index in [1.165, 1.54) is 6.92 Å². The molecule has 0 heterocycles. The zero-order chi connectivity index (χ0) is 17.9. The van der Waals surface area contributed by atoms with Gasteiger partial charge in [-0.25, -0.2) is 0 Å². The molecule has 0 aromatic heterocycles. The third-order valence-corrected chi connectivity index (χ3v) is 4.10. The summed E-state index contributed by atoms with van der Waals surface area (Å²) in [6.07, 6.45) is 7.87. The molecule has 0 aromatic rings. The predicted molar refractivity (Wildman–Crippen MR) is 86.2 cm³/mol. The van der Waals surface area contributed by atoms with Crippen LogP contribution in [-0.4, -0.2) is 53.0 Å². The number of carbonyl (C=O) groups is 2. The Morgan fingerprint density at radius 3 is 2.17 bits per heavy atom. The van der Waals surface area contributed by atoms with Gasteiger partial charge >= 0.3 is 35.5 Å². The second kappa shape index (κ2) is 13.8. The number of hydrogen-bond donors (Lipinski definition) is 2. The zero-order valence-electron chi connectivity index (χ0n) is 15.5. The number of quaternary nitrogens is 1. The van der Waals surface area contributed by atoms with Gasteiger partial charge in [0, 0.05) is 11.9 Å². The van der Waals surface area contributed by atoms with Crippen LogP contribution in [0.15, 0.2) is 12.2 Å². The Bertz CT molecular complexity index is 378. The number of aliphatic hydroxyl groups is 1. The number of unbranched alkanes of at least 4 members (excludes halogenated alkanes) is 2. The van der Waals surface area contributed by atoms with Gasteiger partial charge in [0.05, 0.1) is 19.6 Å². The molecule has 0 amide bonds. The molecule has 0 radical (unpaired) electrons. The number of aliphatic hydroxyl groups excluding tert-OH is 1. The van der Waals surface area contributed by atoms with Crippen LogP contribution < -0.4 is 34.7 Å². The van der Waals surface area contributed by atoms with Crippen molar-refractivity contribution < 1.29 is 58.9 Å². The van der Waals surface area contributed by atoms with Gasteiger partial charge in [0.1, 0.15) is 5.92 Å². The van der Waals surface area contributed by atoms with Gasteiger partial charge in [0.2, 0.25) is 0 Å². The fraction of sp³-hybridized carbons (Fsp3) is 0.765. The molecule has 6 nitrogen and oxygen atoms in total. The Kier molecular flexibility index (Phi) is 14.9. The minimum absolute atomic E-state index is 0. The van der Waals surface area contributed by atoms with Crippen LogP contribution in [0.2, 0.25) is 0 Å². The Morgan fingerprint density at radius 2 is 1.71 bits per heavy atom. The molecular weight excluding hydrogens is 321 g/mol. The van der Waals surface area contributed by atoms with Crippen LogP contribution in [0.5, 0.6) is 0 Å². The maximum atomic E-state index is 11.1. The van der Waals surface area contributed by atoms with Gasteiger partial charge in [0.25, 0.3) is 0 Å². The van der Waals surface area contributed by atoms with Crippen LogP contribution in [0, 0.1) is 11.8 Å². The molecule has 7 heteroatoms. The molecule has 0 saturated heterocycles. The smallest absolute Gasteiger partial charge is 0.550 e. The summed E-state index contributed by atoms with van der Waals surface area (Å²) in [5, 5.41) is 30.0. The Morgan fingerprint density at radius 1 is 1.12 bits per heavy atom. The molecule has 134 valence electrons. The van der Waals surface area contributed by atoms with Gasteiger partial charge in [-0.2, -0.15) is 0 Å². The summed E-state index contributed by atoms with van der Waals surface area (Å²) in [6.45, 7) is 5.88. The summed E-state index contributed by atoms with van der Waals surface area (Å²) in [5.74, 6) is -3.48. The maximum absolute atomic E-state index is 11.1. The number of hydrogen-bond acceptors (Lipinski definition) is 4. The summed E-state index contributed by atoms with van der Waals surface area (Å²) in [4.78, 5) is 22.2. The Hall–Kier alpha value is -0.400. The molecule has 0 saturated carbocycles. The zero-order valence-corrected chi connectivity index (χ0v) is 17.5. The summed E-state index contributed by atoms with van der Waals surface area (Å²) in [6, 6.07) is 0. The molecule has 0 rings (SSSR count). The molecule has 0 bridgehead atoms. The molecule has 0 aliphatic heterocycles. The standard InChI is InChI=1S/C17H31NO5.Na/c1-4-5-6-7-8-9-10-18(13-19,11-14(2)16(20)21)12-15(3)17(22)23;/h5-6,14-15,19H,4,7-13H2,1-3H3,(H-,20,21,22,23);/q;+1/b6-5+;. The van der Waals surface area contributed by atoms with Crippen molar-refractivity contribution in [1.82, 2.24) is 0 Å². The molecule has 0 fully saturated rings. The van der Waals surface area contributed by atoms with Gasteiger partial charge in [-0.1, -0.05) is 26.0 Å². The largest absolute Gasteiger partial charge is 1.00 e. The number of aliphatic carboxylic acids is 2. The normalized spacial score (nSPS) is 16.2. The minimum Gasteiger partial charge on any atom is -0.550 e.